The number of esters is 1. The second-order valence-corrected chi connectivity index (χ2v) is 7.81. The van der Waals surface area contributed by atoms with Crippen LogP contribution < -0.4 is 5.56 Å². The molecule has 8 nitrogen and oxygen atoms in total. The van der Waals surface area contributed by atoms with Crippen molar-refractivity contribution in [3.63, 3.8) is 0 Å². The highest BCUT2D eigenvalue weighted by Crippen LogP contribution is 2.35. The van der Waals surface area contributed by atoms with Crippen LogP contribution in [0.5, 0.6) is 0 Å². The molecule has 0 aromatic carbocycles. The van der Waals surface area contributed by atoms with Crippen LogP contribution in [0.1, 0.15) is 30.7 Å². The number of ether oxygens (including phenoxy) is 1. The number of amides is 2. The van der Waals surface area contributed by atoms with Crippen molar-refractivity contribution in [3.8, 4) is 0 Å². The van der Waals surface area contributed by atoms with Crippen molar-refractivity contribution in [2.75, 3.05) is 6.54 Å². The molecule has 0 radical (unpaired) electrons. The summed E-state index contributed by atoms with van der Waals surface area (Å²) in [6.45, 7) is 1.71. The summed E-state index contributed by atoms with van der Waals surface area (Å²) in [7, 11) is 0. The lowest BCUT2D eigenvalue weighted by molar-refractivity contribution is -0.146. The van der Waals surface area contributed by atoms with E-state index in [9.17, 15) is 19.2 Å². The third-order valence-electron chi connectivity index (χ3n) is 5.15. The quantitative estimate of drug-likeness (QED) is 0.427. The van der Waals surface area contributed by atoms with Crippen LogP contribution >= 0.6 is 11.3 Å². The van der Waals surface area contributed by atoms with Gasteiger partial charge in [-0.25, -0.2) is 4.98 Å². The van der Waals surface area contributed by atoms with Gasteiger partial charge in [-0.05, 0) is 19.8 Å². The van der Waals surface area contributed by atoms with Crippen LogP contribution in [0.4, 0.5) is 0 Å². The van der Waals surface area contributed by atoms with Gasteiger partial charge >= 0.3 is 5.97 Å². The molecule has 3 heterocycles. The van der Waals surface area contributed by atoms with Gasteiger partial charge in [-0.2, -0.15) is 0 Å². The maximum absolute atomic E-state index is 12.4. The fourth-order valence-corrected chi connectivity index (χ4v) is 4.58. The highest BCUT2D eigenvalue weighted by Gasteiger charge is 2.46. The Hall–Kier alpha value is -2.81. The van der Waals surface area contributed by atoms with Crippen LogP contribution in [0.15, 0.2) is 28.4 Å². The van der Waals surface area contributed by atoms with Gasteiger partial charge in [-0.3, -0.25) is 28.5 Å². The SMILES string of the molecule is Cc1csc2nc(COC(=O)CCN3C(=O)[C@@H]4CC=CC[C@H]4C3=O)cc(=O)n12. The van der Waals surface area contributed by atoms with Gasteiger partial charge in [0.05, 0.1) is 24.0 Å². The van der Waals surface area contributed by atoms with Gasteiger partial charge < -0.3 is 4.74 Å². The summed E-state index contributed by atoms with van der Waals surface area (Å²) in [6, 6.07) is 1.34. The molecular weight excluding hydrogens is 382 g/mol. The third-order valence-corrected chi connectivity index (χ3v) is 6.09. The predicted molar refractivity (Wildman–Crippen MR) is 101 cm³/mol. The molecular formula is C19H19N3O5S. The lowest BCUT2D eigenvalue weighted by Gasteiger charge is -2.14. The minimum absolute atomic E-state index is 0.0166. The van der Waals surface area contributed by atoms with E-state index in [-0.39, 0.29) is 48.8 Å². The number of carbonyl (C=O) groups is 3. The summed E-state index contributed by atoms with van der Waals surface area (Å²) < 4.78 is 6.68. The molecule has 2 aliphatic rings. The molecule has 2 aromatic heterocycles. The van der Waals surface area contributed by atoms with Crippen molar-refractivity contribution in [3.05, 3.63) is 45.3 Å². The van der Waals surface area contributed by atoms with E-state index < -0.39 is 5.97 Å². The van der Waals surface area contributed by atoms with E-state index in [2.05, 4.69) is 4.98 Å². The number of imide groups is 1. The highest BCUT2D eigenvalue weighted by molar-refractivity contribution is 7.15. The number of hydrogen-bond acceptors (Lipinski definition) is 7. The van der Waals surface area contributed by atoms with Gasteiger partial charge in [0.25, 0.3) is 5.56 Å². The standard InChI is InChI=1S/C19H19N3O5S/c1-11-10-28-19-20-12(8-15(23)22(11)19)9-27-16(24)6-7-21-17(25)13-4-2-3-5-14(13)18(21)26/h2-3,8,10,13-14H,4-7,9H2,1H3/t13-,14-/m1/s1. The van der Waals surface area contributed by atoms with Crippen molar-refractivity contribution in [2.24, 2.45) is 11.8 Å². The number of likely N-dealkylation sites (tertiary alicyclic amines) is 1. The van der Waals surface area contributed by atoms with Crippen LogP contribution in [0, 0.1) is 18.8 Å². The maximum atomic E-state index is 12.4. The summed E-state index contributed by atoms with van der Waals surface area (Å²) in [6.07, 6.45) is 4.91. The summed E-state index contributed by atoms with van der Waals surface area (Å²) in [5, 5.41) is 1.83. The first kappa shape index (κ1) is 18.5. The fourth-order valence-electron chi connectivity index (χ4n) is 3.69. The topological polar surface area (TPSA) is 98.0 Å². The Kier molecular flexibility index (Phi) is 4.84. The van der Waals surface area contributed by atoms with E-state index in [0.29, 0.717) is 23.5 Å². The van der Waals surface area contributed by atoms with E-state index in [4.69, 9.17) is 4.74 Å². The number of nitrogens with zero attached hydrogens (tertiary/aromatic N) is 3. The van der Waals surface area contributed by atoms with Crippen LogP contribution in [0.2, 0.25) is 0 Å². The third kappa shape index (κ3) is 3.26. The van der Waals surface area contributed by atoms with Crippen molar-refractivity contribution in [1.82, 2.24) is 14.3 Å². The number of allylic oxidation sites excluding steroid dienone is 2. The molecule has 9 heteroatoms. The fraction of sp³-hybridized carbons (Fsp3) is 0.421. The van der Waals surface area contributed by atoms with Crippen molar-refractivity contribution >= 4 is 34.1 Å². The van der Waals surface area contributed by atoms with Crippen LogP contribution in [0.3, 0.4) is 0 Å². The Balaban J connectivity index is 1.33. The second kappa shape index (κ2) is 7.31. The van der Waals surface area contributed by atoms with Gasteiger partial charge in [0, 0.05) is 23.7 Å². The van der Waals surface area contributed by atoms with Gasteiger partial charge in [-0.15, -0.1) is 11.3 Å². The number of aromatic nitrogens is 2. The van der Waals surface area contributed by atoms with Gasteiger partial charge in [-0.1, -0.05) is 12.2 Å². The highest BCUT2D eigenvalue weighted by atomic mass is 32.1. The zero-order valence-corrected chi connectivity index (χ0v) is 16.1. The van der Waals surface area contributed by atoms with E-state index >= 15 is 0 Å². The zero-order valence-electron chi connectivity index (χ0n) is 15.3. The van der Waals surface area contributed by atoms with Crippen molar-refractivity contribution in [1.29, 1.82) is 0 Å². The van der Waals surface area contributed by atoms with Gasteiger partial charge in [0.1, 0.15) is 6.61 Å². The molecule has 4 rings (SSSR count). The predicted octanol–water partition coefficient (Wildman–Crippen LogP) is 1.45. The monoisotopic (exact) mass is 401 g/mol. The largest absolute Gasteiger partial charge is 0.459 e. The van der Waals surface area contributed by atoms with E-state index in [1.54, 1.807) is 0 Å². The Bertz CT molecular complexity index is 1030. The Labute approximate surface area is 164 Å². The van der Waals surface area contributed by atoms with Gasteiger partial charge in [0.15, 0.2) is 4.96 Å². The van der Waals surface area contributed by atoms with E-state index in [1.165, 1.54) is 26.7 Å². The molecule has 2 atom stereocenters. The van der Waals surface area contributed by atoms with Crippen LogP contribution in [-0.2, 0) is 25.7 Å². The molecule has 1 aliphatic heterocycles. The lowest BCUT2D eigenvalue weighted by Crippen LogP contribution is -2.33. The van der Waals surface area contributed by atoms with Crippen LogP contribution in [0.25, 0.3) is 4.96 Å². The first-order valence-electron chi connectivity index (χ1n) is 9.08. The number of hydrogen-bond donors (Lipinski definition) is 0. The molecule has 2 aromatic rings. The summed E-state index contributed by atoms with van der Waals surface area (Å²) in [5.74, 6) is -1.56. The summed E-state index contributed by atoms with van der Waals surface area (Å²) in [4.78, 5) is 55.0. The Morgan fingerprint density at radius 2 is 1.89 bits per heavy atom. The minimum atomic E-state index is -0.544. The smallest absolute Gasteiger partial charge is 0.307 e. The van der Waals surface area contributed by atoms with Crippen molar-refractivity contribution in [2.45, 2.75) is 32.8 Å². The number of carbonyl (C=O) groups excluding carboxylic acids is 3. The normalized spacial score (nSPS) is 21.4. The molecule has 146 valence electrons. The molecule has 1 fully saturated rings. The molecule has 0 bridgehead atoms. The average molecular weight is 401 g/mol. The number of thiazole rings is 1. The summed E-state index contributed by atoms with van der Waals surface area (Å²) in [5.41, 5.74) is 0.946. The molecule has 2 amide bonds. The first-order chi connectivity index (χ1) is 13.5. The molecule has 0 N–H and O–H groups in total. The second-order valence-electron chi connectivity index (χ2n) is 6.98. The van der Waals surface area contributed by atoms with E-state index in [0.717, 1.165) is 5.69 Å². The molecule has 0 unspecified atom stereocenters. The minimum Gasteiger partial charge on any atom is -0.459 e. The average Bonchev–Trinajstić information content (AvgIpc) is 3.17. The number of aryl methyl sites for hydroxylation is 1. The molecule has 0 spiro atoms. The Morgan fingerprint density at radius 3 is 2.57 bits per heavy atom. The van der Waals surface area contributed by atoms with Crippen LogP contribution in [-0.4, -0.2) is 38.6 Å². The van der Waals surface area contributed by atoms with E-state index in [1.807, 2.05) is 24.5 Å². The number of fused-ring (bicyclic) bond motifs is 2. The maximum Gasteiger partial charge on any atom is 0.307 e. The van der Waals surface area contributed by atoms with Crippen molar-refractivity contribution < 1.29 is 19.1 Å². The first-order valence-corrected chi connectivity index (χ1v) is 9.96. The van der Waals surface area contributed by atoms with Gasteiger partial charge in [0.2, 0.25) is 11.8 Å². The molecule has 28 heavy (non-hydrogen) atoms. The molecule has 0 saturated carbocycles. The number of rotatable bonds is 5. The Morgan fingerprint density at radius 1 is 1.21 bits per heavy atom. The zero-order chi connectivity index (χ0) is 19.8. The molecule has 1 saturated heterocycles. The summed E-state index contributed by atoms with van der Waals surface area (Å²) >= 11 is 1.34. The lowest BCUT2D eigenvalue weighted by atomic mass is 9.85. The molecule has 1 aliphatic carbocycles.